The fraction of sp³-hybridized carbons (Fsp3) is 0.0714. The van der Waals surface area contributed by atoms with Gasteiger partial charge in [-0.3, -0.25) is 4.79 Å². The van der Waals surface area contributed by atoms with Crippen molar-refractivity contribution in [2.75, 3.05) is 11.1 Å². The summed E-state index contributed by atoms with van der Waals surface area (Å²) in [7, 11) is 0. The number of carbonyl (C=O) groups is 1. The molecular weight excluding hydrogens is 391 g/mol. The van der Waals surface area contributed by atoms with Crippen LogP contribution < -0.4 is 11.1 Å². The minimum Gasteiger partial charge on any atom is -0.396 e. The van der Waals surface area contributed by atoms with Crippen LogP contribution in [0.15, 0.2) is 39.3 Å². The van der Waals surface area contributed by atoms with Crippen LogP contribution in [0.2, 0.25) is 0 Å². The van der Waals surface area contributed by atoms with Gasteiger partial charge in [0.15, 0.2) is 0 Å². The van der Waals surface area contributed by atoms with E-state index >= 15 is 0 Å². The van der Waals surface area contributed by atoms with E-state index in [1.807, 2.05) is 25.1 Å². The number of hydrogen-bond acceptors (Lipinski definition) is 2. The Labute approximate surface area is 132 Å². The molecule has 2 aromatic rings. The van der Waals surface area contributed by atoms with Gasteiger partial charge in [-0.25, -0.2) is 4.39 Å². The van der Waals surface area contributed by atoms with Crippen LogP contribution >= 0.6 is 31.9 Å². The van der Waals surface area contributed by atoms with Gasteiger partial charge in [0, 0.05) is 8.95 Å². The molecule has 0 fully saturated rings. The van der Waals surface area contributed by atoms with Gasteiger partial charge >= 0.3 is 0 Å². The molecule has 0 heterocycles. The lowest BCUT2D eigenvalue weighted by atomic mass is 10.1. The molecule has 3 N–H and O–H groups in total. The third kappa shape index (κ3) is 3.19. The van der Waals surface area contributed by atoms with Gasteiger partial charge in [0.2, 0.25) is 0 Å². The van der Waals surface area contributed by atoms with E-state index in [0.717, 1.165) is 10.0 Å². The highest BCUT2D eigenvalue weighted by Gasteiger charge is 2.14. The van der Waals surface area contributed by atoms with Crippen molar-refractivity contribution in [1.29, 1.82) is 0 Å². The molecule has 2 aromatic carbocycles. The first-order valence-electron chi connectivity index (χ1n) is 5.70. The maximum atomic E-state index is 13.3. The Bertz CT molecular complexity index is 689. The highest BCUT2D eigenvalue weighted by molar-refractivity contribution is 9.11. The number of nitrogens with two attached hydrogens (primary N) is 1. The third-order valence-corrected chi connectivity index (χ3v) is 4.05. The van der Waals surface area contributed by atoms with E-state index in [-0.39, 0.29) is 17.2 Å². The number of halogens is 3. The predicted molar refractivity (Wildman–Crippen MR) is 85.3 cm³/mol. The lowest BCUT2D eigenvalue weighted by Crippen LogP contribution is -2.14. The monoisotopic (exact) mass is 400 g/mol. The zero-order chi connectivity index (χ0) is 14.9. The number of nitrogen functional groups attached to an aromatic ring is 1. The molecule has 20 heavy (non-hydrogen) atoms. The van der Waals surface area contributed by atoms with Crippen LogP contribution in [-0.2, 0) is 0 Å². The number of amides is 1. The number of hydrogen-bond donors (Lipinski definition) is 2. The van der Waals surface area contributed by atoms with Crippen molar-refractivity contribution in [3.05, 3.63) is 56.2 Å². The van der Waals surface area contributed by atoms with Crippen LogP contribution in [0.4, 0.5) is 15.8 Å². The van der Waals surface area contributed by atoms with E-state index in [4.69, 9.17) is 5.73 Å². The Hall–Kier alpha value is -1.40. The number of carbonyl (C=O) groups excluding carboxylic acids is 1. The average molecular weight is 402 g/mol. The number of rotatable bonds is 2. The second-order valence-corrected chi connectivity index (χ2v) is 6.00. The maximum Gasteiger partial charge on any atom is 0.256 e. The van der Waals surface area contributed by atoms with E-state index in [1.165, 1.54) is 12.1 Å². The molecule has 0 aliphatic carbocycles. The Kier molecular flexibility index (Phi) is 4.45. The minimum absolute atomic E-state index is 0.0679. The van der Waals surface area contributed by atoms with Crippen molar-refractivity contribution >= 4 is 49.1 Å². The van der Waals surface area contributed by atoms with Crippen molar-refractivity contribution in [2.24, 2.45) is 0 Å². The van der Waals surface area contributed by atoms with Gasteiger partial charge in [0.1, 0.15) is 5.82 Å². The first-order chi connectivity index (χ1) is 9.38. The summed E-state index contributed by atoms with van der Waals surface area (Å²) in [6, 6.07) is 8.08. The van der Waals surface area contributed by atoms with Gasteiger partial charge in [-0.15, -0.1) is 0 Å². The molecule has 6 heteroatoms. The topological polar surface area (TPSA) is 55.1 Å². The highest BCUT2D eigenvalue weighted by Crippen LogP contribution is 2.27. The van der Waals surface area contributed by atoms with Gasteiger partial charge in [0.25, 0.3) is 5.91 Å². The third-order valence-electron chi connectivity index (χ3n) is 2.70. The second kappa shape index (κ2) is 5.93. The van der Waals surface area contributed by atoms with Gasteiger partial charge < -0.3 is 11.1 Å². The first kappa shape index (κ1) is 15.0. The number of aryl methyl sites for hydroxylation is 1. The van der Waals surface area contributed by atoms with Crippen molar-refractivity contribution in [3.63, 3.8) is 0 Å². The summed E-state index contributed by atoms with van der Waals surface area (Å²) < 4.78 is 14.4. The van der Waals surface area contributed by atoms with Crippen LogP contribution in [0.1, 0.15) is 15.9 Å². The Morgan fingerprint density at radius 3 is 2.60 bits per heavy atom. The molecule has 2 rings (SSSR count). The highest BCUT2D eigenvalue weighted by atomic mass is 79.9. The van der Waals surface area contributed by atoms with Crippen molar-refractivity contribution in [2.45, 2.75) is 6.92 Å². The molecule has 0 aromatic heterocycles. The van der Waals surface area contributed by atoms with Crippen LogP contribution in [0, 0.1) is 12.7 Å². The average Bonchev–Trinajstić information content (AvgIpc) is 2.38. The van der Waals surface area contributed by atoms with Crippen LogP contribution in [0.25, 0.3) is 0 Å². The summed E-state index contributed by atoms with van der Waals surface area (Å²) in [6.07, 6.45) is 0. The summed E-state index contributed by atoms with van der Waals surface area (Å²) >= 11 is 6.53. The summed E-state index contributed by atoms with van der Waals surface area (Å²) in [5.74, 6) is -0.931. The van der Waals surface area contributed by atoms with E-state index in [0.29, 0.717) is 10.2 Å². The molecule has 0 aliphatic rings. The van der Waals surface area contributed by atoms with Crippen LogP contribution in [-0.4, -0.2) is 5.91 Å². The van der Waals surface area contributed by atoms with E-state index in [1.54, 1.807) is 0 Å². The Balaban J connectivity index is 2.33. The largest absolute Gasteiger partial charge is 0.396 e. The fourth-order valence-corrected chi connectivity index (χ4v) is 2.51. The molecule has 3 nitrogen and oxygen atoms in total. The normalized spacial score (nSPS) is 10.4. The van der Waals surface area contributed by atoms with Gasteiger partial charge in [-0.05, 0) is 68.6 Å². The molecule has 0 saturated heterocycles. The summed E-state index contributed by atoms with van der Waals surface area (Å²) in [4.78, 5) is 12.2. The standard InChI is InChI=1S/C14H11Br2FN2O/c1-7-2-3-9(15)13(4-7)19-14(20)8-5-12(18)11(17)6-10(8)16/h2-6H,18H2,1H3,(H,19,20). The molecule has 104 valence electrons. The van der Waals surface area contributed by atoms with Gasteiger partial charge in [0.05, 0.1) is 16.9 Å². The summed E-state index contributed by atoms with van der Waals surface area (Å²) in [5.41, 5.74) is 7.36. The number of benzene rings is 2. The zero-order valence-electron chi connectivity index (χ0n) is 10.5. The van der Waals surface area contributed by atoms with Gasteiger partial charge in [-0.2, -0.15) is 0 Å². The Morgan fingerprint density at radius 2 is 1.90 bits per heavy atom. The van der Waals surface area contributed by atoms with Crippen LogP contribution in [0.5, 0.6) is 0 Å². The van der Waals surface area contributed by atoms with E-state index < -0.39 is 5.82 Å². The number of anilines is 2. The zero-order valence-corrected chi connectivity index (χ0v) is 13.7. The van der Waals surface area contributed by atoms with Crippen molar-refractivity contribution in [3.8, 4) is 0 Å². The van der Waals surface area contributed by atoms with Crippen molar-refractivity contribution in [1.82, 2.24) is 0 Å². The summed E-state index contributed by atoms with van der Waals surface area (Å²) in [6.45, 7) is 1.92. The quantitative estimate of drug-likeness (QED) is 0.728. The molecule has 0 atom stereocenters. The molecule has 1 amide bonds. The smallest absolute Gasteiger partial charge is 0.256 e. The summed E-state index contributed by atoms with van der Waals surface area (Å²) in [5, 5.41) is 2.76. The molecule has 0 spiro atoms. The van der Waals surface area contributed by atoms with Gasteiger partial charge in [-0.1, -0.05) is 6.07 Å². The molecule has 0 aliphatic heterocycles. The fourth-order valence-electron chi connectivity index (χ4n) is 1.66. The minimum atomic E-state index is -0.565. The molecule has 0 radical (unpaired) electrons. The number of nitrogens with one attached hydrogen (secondary N) is 1. The van der Waals surface area contributed by atoms with Crippen molar-refractivity contribution < 1.29 is 9.18 Å². The molecular formula is C14H11Br2FN2O. The van der Waals surface area contributed by atoms with E-state index in [2.05, 4.69) is 37.2 Å². The SMILES string of the molecule is Cc1ccc(Br)c(NC(=O)c2cc(N)c(F)cc2Br)c1. The van der Waals surface area contributed by atoms with E-state index in [9.17, 15) is 9.18 Å². The molecule has 0 unspecified atom stereocenters. The lowest BCUT2D eigenvalue weighted by Gasteiger charge is -2.10. The Morgan fingerprint density at radius 1 is 1.20 bits per heavy atom. The predicted octanol–water partition coefficient (Wildman–Crippen LogP) is 4.49. The molecule has 0 saturated carbocycles. The second-order valence-electron chi connectivity index (χ2n) is 4.29. The molecule has 0 bridgehead atoms. The first-order valence-corrected chi connectivity index (χ1v) is 7.29. The maximum absolute atomic E-state index is 13.3. The van der Waals surface area contributed by atoms with Crippen LogP contribution in [0.3, 0.4) is 0 Å². The lowest BCUT2D eigenvalue weighted by molar-refractivity contribution is 0.102.